The van der Waals surface area contributed by atoms with E-state index >= 15 is 0 Å². The van der Waals surface area contributed by atoms with Crippen LogP contribution >= 0.6 is 0 Å². The summed E-state index contributed by atoms with van der Waals surface area (Å²) in [6.07, 6.45) is 1.42. The molecule has 4 nitrogen and oxygen atoms in total. The average molecular weight is 266 g/mol. The van der Waals surface area contributed by atoms with Crippen molar-refractivity contribution >= 4 is 12.1 Å². The second kappa shape index (κ2) is 5.17. The molecule has 1 heterocycles. The number of hydrogen-bond acceptors (Lipinski definition) is 3. The van der Waals surface area contributed by atoms with Gasteiger partial charge >= 0.3 is 0 Å². The summed E-state index contributed by atoms with van der Waals surface area (Å²) in [6, 6.07) is 16.6. The van der Waals surface area contributed by atoms with E-state index in [-0.39, 0.29) is 11.8 Å². The topological polar surface area (TPSA) is 52.9 Å². The second-order valence-electron chi connectivity index (χ2n) is 4.71. The van der Waals surface area contributed by atoms with E-state index in [9.17, 15) is 9.90 Å². The largest absolute Gasteiger partial charge is 0.508 e. The van der Waals surface area contributed by atoms with Gasteiger partial charge in [-0.15, -0.1) is 0 Å². The van der Waals surface area contributed by atoms with Gasteiger partial charge in [-0.05, 0) is 23.3 Å². The molecule has 0 radical (unpaired) electrons. The van der Waals surface area contributed by atoms with Crippen LogP contribution in [0.5, 0.6) is 5.75 Å². The van der Waals surface area contributed by atoms with Crippen LogP contribution in [0.15, 0.2) is 59.7 Å². The maximum atomic E-state index is 11.2. The first kappa shape index (κ1) is 12.4. The molecule has 0 aliphatic carbocycles. The maximum Gasteiger partial charge on any atom is 0.230 e. The first-order valence-corrected chi connectivity index (χ1v) is 6.43. The third kappa shape index (κ3) is 2.28. The molecular weight excluding hydrogens is 252 g/mol. The van der Waals surface area contributed by atoms with Gasteiger partial charge < -0.3 is 5.11 Å². The molecule has 1 aliphatic rings. The molecule has 20 heavy (non-hydrogen) atoms. The lowest BCUT2D eigenvalue weighted by molar-refractivity contribution is -0.119. The number of nitrogens with zero attached hydrogens (tertiary/aromatic N) is 2. The first-order valence-electron chi connectivity index (χ1n) is 6.43. The van der Waals surface area contributed by atoms with Crippen LogP contribution in [-0.2, 0) is 4.79 Å². The Kier molecular flexibility index (Phi) is 3.21. The molecule has 0 fully saturated rings. The number of carbonyl (C=O) groups excluding carboxylic acids is 1. The van der Waals surface area contributed by atoms with Crippen LogP contribution in [0.1, 0.15) is 23.6 Å². The lowest BCUT2D eigenvalue weighted by atomic mass is 9.98. The molecule has 2 aromatic rings. The number of aromatic hydroxyl groups is 1. The van der Waals surface area contributed by atoms with Gasteiger partial charge in [-0.1, -0.05) is 42.5 Å². The van der Waals surface area contributed by atoms with Crippen molar-refractivity contribution in [3.05, 3.63) is 65.7 Å². The Labute approximate surface area is 117 Å². The van der Waals surface area contributed by atoms with Crippen molar-refractivity contribution in [3.8, 4) is 5.75 Å². The van der Waals surface area contributed by atoms with Gasteiger partial charge in [-0.3, -0.25) is 4.79 Å². The van der Waals surface area contributed by atoms with Crippen molar-refractivity contribution in [1.29, 1.82) is 0 Å². The molecule has 100 valence electrons. The smallest absolute Gasteiger partial charge is 0.230 e. The van der Waals surface area contributed by atoms with Gasteiger partial charge in [0.15, 0.2) is 0 Å². The summed E-state index contributed by atoms with van der Waals surface area (Å²) < 4.78 is 0. The summed E-state index contributed by atoms with van der Waals surface area (Å²) in [5.74, 6) is 0.216. The van der Waals surface area contributed by atoms with Crippen LogP contribution in [0.25, 0.3) is 0 Å². The van der Waals surface area contributed by atoms with E-state index < -0.39 is 0 Å². The zero-order chi connectivity index (χ0) is 13.9. The zero-order valence-corrected chi connectivity index (χ0v) is 10.8. The molecule has 1 aliphatic heterocycles. The molecule has 0 spiro atoms. The minimum atomic E-state index is -0.108. The van der Waals surface area contributed by atoms with Crippen molar-refractivity contribution in [2.45, 2.75) is 12.5 Å². The standard InChI is InChI=1S/C16H14N2O2/c19-11-18-16(13-6-8-14(20)9-7-13)10-15(17-18)12-4-2-1-3-5-12/h1-9,11,16,20H,10H2. The number of benzene rings is 2. The fourth-order valence-electron chi connectivity index (χ4n) is 2.40. The minimum Gasteiger partial charge on any atom is -0.508 e. The summed E-state index contributed by atoms with van der Waals surface area (Å²) in [5, 5.41) is 15.2. The monoisotopic (exact) mass is 266 g/mol. The quantitative estimate of drug-likeness (QED) is 0.868. The number of hydrogen-bond donors (Lipinski definition) is 1. The summed E-state index contributed by atoms with van der Waals surface area (Å²) in [7, 11) is 0. The van der Waals surface area contributed by atoms with E-state index in [4.69, 9.17) is 0 Å². The third-order valence-electron chi connectivity index (χ3n) is 3.44. The first-order chi connectivity index (χ1) is 9.78. The minimum absolute atomic E-state index is 0.108. The van der Waals surface area contributed by atoms with Crippen LogP contribution < -0.4 is 0 Å². The maximum absolute atomic E-state index is 11.2. The van der Waals surface area contributed by atoms with Crippen LogP contribution in [0, 0.1) is 0 Å². The molecule has 0 saturated heterocycles. The van der Waals surface area contributed by atoms with Gasteiger partial charge in [0.2, 0.25) is 6.41 Å². The van der Waals surface area contributed by atoms with Crippen molar-refractivity contribution in [3.63, 3.8) is 0 Å². The van der Waals surface area contributed by atoms with Crippen LogP contribution in [0.3, 0.4) is 0 Å². The van der Waals surface area contributed by atoms with Gasteiger partial charge in [0.25, 0.3) is 0 Å². The number of phenols is 1. The summed E-state index contributed by atoms with van der Waals surface area (Å²) in [4.78, 5) is 11.2. The van der Waals surface area contributed by atoms with Crippen LogP contribution in [-0.4, -0.2) is 22.2 Å². The van der Waals surface area contributed by atoms with E-state index in [1.54, 1.807) is 12.1 Å². The van der Waals surface area contributed by atoms with Gasteiger partial charge in [0, 0.05) is 6.42 Å². The SMILES string of the molecule is O=CN1N=C(c2ccccc2)CC1c1ccc(O)cc1. The fraction of sp³-hybridized carbons (Fsp3) is 0.125. The highest BCUT2D eigenvalue weighted by Gasteiger charge is 2.28. The van der Waals surface area contributed by atoms with Gasteiger partial charge in [-0.2, -0.15) is 5.10 Å². The molecule has 2 aromatic carbocycles. The van der Waals surface area contributed by atoms with Crippen molar-refractivity contribution in [1.82, 2.24) is 5.01 Å². The molecule has 1 N–H and O–H groups in total. The van der Waals surface area contributed by atoms with Gasteiger partial charge in [0.1, 0.15) is 5.75 Å². The molecule has 1 amide bonds. The Balaban J connectivity index is 1.89. The fourth-order valence-corrected chi connectivity index (χ4v) is 2.40. The number of phenolic OH excluding ortho intramolecular Hbond substituents is 1. The third-order valence-corrected chi connectivity index (χ3v) is 3.44. The highest BCUT2D eigenvalue weighted by Crippen LogP contribution is 2.32. The van der Waals surface area contributed by atoms with Crippen molar-refractivity contribution in [2.75, 3.05) is 0 Å². The summed E-state index contributed by atoms with van der Waals surface area (Å²) >= 11 is 0. The summed E-state index contributed by atoms with van der Waals surface area (Å²) in [6.45, 7) is 0. The average Bonchev–Trinajstić information content (AvgIpc) is 2.93. The Morgan fingerprint density at radius 2 is 1.80 bits per heavy atom. The number of hydrazone groups is 1. The lowest BCUT2D eigenvalue weighted by Gasteiger charge is -2.17. The molecule has 0 aromatic heterocycles. The predicted octanol–water partition coefficient (Wildman–Crippen LogP) is 2.70. The normalized spacial score (nSPS) is 17.9. The second-order valence-corrected chi connectivity index (χ2v) is 4.71. The highest BCUT2D eigenvalue weighted by atomic mass is 16.3. The Hall–Kier alpha value is -2.62. The van der Waals surface area contributed by atoms with E-state index in [0.717, 1.165) is 23.2 Å². The van der Waals surface area contributed by atoms with Gasteiger partial charge in [-0.25, -0.2) is 5.01 Å². The number of amides is 1. The van der Waals surface area contributed by atoms with E-state index in [2.05, 4.69) is 5.10 Å². The lowest BCUT2D eigenvalue weighted by Crippen LogP contribution is -2.17. The Morgan fingerprint density at radius 1 is 1.10 bits per heavy atom. The summed E-state index contributed by atoms with van der Waals surface area (Å²) in [5.41, 5.74) is 2.89. The van der Waals surface area contributed by atoms with Crippen LogP contribution in [0.4, 0.5) is 0 Å². The predicted molar refractivity (Wildman–Crippen MR) is 76.3 cm³/mol. The van der Waals surface area contributed by atoms with E-state index in [0.29, 0.717) is 6.42 Å². The van der Waals surface area contributed by atoms with Crippen LogP contribution in [0.2, 0.25) is 0 Å². The number of carbonyl (C=O) groups is 1. The van der Waals surface area contributed by atoms with E-state index in [1.807, 2.05) is 42.5 Å². The number of rotatable bonds is 3. The molecule has 4 heteroatoms. The highest BCUT2D eigenvalue weighted by molar-refractivity contribution is 6.02. The van der Waals surface area contributed by atoms with Gasteiger partial charge in [0.05, 0.1) is 11.8 Å². The van der Waals surface area contributed by atoms with Crippen molar-refractivity contribution in [2.24, 2.45) is 5.10 Å². The Morgan fingerprint density at radius 3 is 2.45 bits per heavy atom. The molecule has 1 unspecified atom stereocenters. The molecule has 3 rings (SSSR count). The Bertz CT molecular complexity index is 635. The molecular formula is C16H14N2O2. The molecule has 0 bridgehead atoms. The van der Waals surface area contributed by atoms with E-state index in [1.165, 1.54) is 5.01 Å². The molecule has 0 saturated carbocycles. The van der Waals surface area contributed by atoms with Crippen molar-refractivity contribution < 1.29 is 9.90 Å². The zero-order valence-electron chi connectivity index (χ0n) is 10.8. The molecule has 1 atom stereocenters.